The summed E-state index contributed by atoms with van der Waals surface area (Å²) in [6.45, 7) is 4.17. The highest BCUT2D eigenvalue weighted by atomic mass is 16.5. The van der Waals surface area contributed by atoms with E-state index in [1.54, 1.807) is 7.11 Å². The summed E-state index contributed by atoms with van der Waals surface area (Å²) in [6, 6.07) is 8.12. The van der Waals surface area contributed by atoms with Crippen molar-refractivity contribution in [3.05, 3.63) is 47.8 Å². The quantitative estimate of drug-likeness (QED) is 0.763. The summed E-state index contributed by atoms with van der Waals surface area (Å²) in [5, 5.41) is 0. The van der Waals surface area contributed by atoms with Crippen molar-refractivity contribution in [1.82, 2.24) is 4.98 Å². The van der Waals surface area contributed by atoms with Crippen LogP contribution in [0.15, 0.2) is 36.7 Å². The minimum Gasteiger partial charge on any atom is -0.497 e. The fraction of sp³-hybridized carbons (Fsp3) is 0.214. The minimum atomic E-state index is 0.883. The van der Waals surface area contributed by atoms with E-state index in [1.165, 1.54) is 22.3 Å². The van der Waals surface area contributed by atoms with Crippen molar-refractivity contribution < 1.29 is 4.74 Å². The van der Waals surface area contributed by atoms with Crippen LogP contribution in [0.3, 0.4) is 0 Å². The molecule has 0 saturated heterocycles. The van der Waals surface area contributed by atoms with Crippen molar-refractivity contribution in [3.63, 3.8) is 0 Å². The standard InChI is InChI=1S/C14H15NO/c1-10-8-15-9-11(2)14(10)12-4-6-13(16-3)7-5-12/h4-9H,1-3H3. The van der Waals surface area contributed by atoms with E-state index >= 15 is 0 Å². The Morgan fingerprint density at radius 2 is 1.50 bits per heavy atom. The first kappa shape index (κ1) is 10.7. The zero-order valence-corrected chi connectivity index (χ0v) is 9.82. The summed E-state index contributed by atoms with van der Waals surface area (Å²) < 4.78 is 5.15. The number of ether oxygens (including phenoxy) is 1. The van der Waals surface area contributed by atoms with Gasteiger partial charge in [0.15, 0.2) is 0 Å². The van der Waals surface area contributed by atoms with Gasteiger partial charge in [-0.1, -0.05) is 12.1 Å². The van der Waals surface area contributed by atoms with Crippen LogP contribution < -0.4 is 4.74 Å². The van der Waals surface area contributed by atoms with E-state index in [1.807, 2.05) is 24.5 Å². The van der Waals surface area contributed by atoms with Crippen LogP contribution in [0.25, 0.3) is 11.1 Å². The zero-order valence-electron chi connectivity index (χ0n) is 9.82. The SMILES string of the molecule is COc1ccc(-c2c(C)cncc2C)cc1. The lowest BCUT2D eigenvalue weighted by atomic mass is 9.98. The molecule has 2 aromatic rings. The first-order chi connectivity index (χ1) is 7.72. The first-order valence-corrected chi connectivity index (χ1v) is 5.28. The minimum absolute atomic E-state index is 0.883. The highest BCUT2D eigenvalue weighted by molar-refractivity contribution is 5.70. The summed E-state index contributed by atoms with van der Waals surface area (Å²) in [4.78, 5) is 4.18. The Labute approximate surface area is 95.9 Å². The van der Waals surface area contributed by atoms with Gasteiger partial charge in [-0.3, -0.25) is 4.98 Å². The average Bonchev–Trinajstić information content (AvgIpc) is 2.30. The van der Waals surface area contributed by atoms with Crippen molar-refractivity contribution >= 4 is 0 Å². The van der Waals surface area contributed by atoms with E-state index in [0.29, 0.717) is 0 Å². The highest BCUT2D eigenvalue weighted by Gasteiger charge is 2.05. The molecule has 0 atom stereocenters. The number of pyridine rings is 1. The van der Waals surface area contributed by atoms with E-state index in [9.17, 15) is 0 Å². The largest absolute Gasteiger partial charge is 0.497 e. The Balaban J connectivity index is 2.50. The van der Waals surface area contributed by atoms with Crippen LogP contribution in [0.4, 0.5) is 0 Å². The molecule has 0 saturated carbocycles. The van der Waals surface area contributed by atoms with Crippen molar-refractivity contribution in [2.75, 3.05) is 7.11 Å². The molecule has 16 heavy (non-hydrogen) atoms. The molecule has 0 aliphatic carbocycles. The van der Waals surface area contributed by atoms with Gasteiger partial charge >= 0.3 is 0 Å². The number of hydrogen-bond acceptors (Lipinski definition) is 2. The number of aromatic nitrogens is 1. The van der Waals surface area contributed by atoms with Crippen molar-refractivity contribution in [2.24, 2.45) is 0 Å². The molecule has 1 heterocycles. The highest BCUT2D eigenvalue weighted by Crippen LogP contribution is 2.27. The molecule has 0 aliphatic heterocycles. The Hall–Kier alpha value is -1.83. The fourth-order valence-electron chi connectivity index (χ4n) is 1.91. The molecule has 0 unspecified atom stereocenters. The van der Waals surface area contributed by atoms with Crippen LogP contribution in [0.2, 0.25) is 0 Å². The molecule has 0 aliphatic rings. The number of nitrogens with zero attached hydrogens (tertiary/aromatic N) is 1. The van der Waals surface area contributed by atoms with Crippen LogP contribution in [0.5, 0.6) is 5.75 Å². The van der Waals surface area contributed by atoms with Gasteiger partial charge in [0.25, 0.3) is 0 Å². The zero-order chi connectivity index (χ0) is 11.5. The topological polar surface area (TPSA) is 22.1 Å². The second kappa shape index (κ2) is 4.35. The summed E-state index contributed by atoms with van der Waals surface area (Å²) in [5.74, 6) is 0.883. The average molecular weight is 213 g/mol. The summed E-state index contributed by atoms with van der Waals surface area (Å²) >= 11 is 0. The molecule has 0 spiro atoms. The number of benzene rings is 1. The maximum Gasteiger partial charge on any atom is 0.118 e. The normalized spacial score (nSPS) is 10.2. The van der Waals surface area contributed by atoms with Crippen molar-refractivity contribution in [2.45, 2.75) is 13.8 Å². The number of methoxy groups -OCH3 is 1. The van der Waals surface area contributed by atoms with Crippen LogP contribution in [-0.2, 0) is 0 Å². The number of aryl methyl sites for hydroxylation is 2. The number of hydrogen-bond donors (Lipinski definition) is 0. The van der Waals surface area contributed by atoms with Crippen LogP contribution in [-0.4, -0.2) is 12.1 Å². The lowest BCUT2D eigenvalue weighted by molar-refractivity contribution is 0.415. The van der Waals surface area contributed by atoms with Crippen LogP contribution in [0.1, 0.15) is 11.1 Å². The molecule has 2 nitrogen and oxygen atoms in total. The molecule has 0 N–H and O–H groups in total. The van der Waals surface area contributed by atoms with E-state index in [-0.39, 0.29) is 0 Å². The molecule has 2 rings (SSSR count). The van der Waals surface area contributed by atoms with E-state index in [0.717, 1.165) is 5.75 Å². The van der Waals surface area contributed by atoms with Crippen LogP contribution in [0, 0.1) is 13.8 Å². The lowest BCUT2D eigenvalue weighted by Crippen LogP contribution is -1.90. The van der Waals surface area contributed by atoms with Gasteiger partial charge in [0.2, 0.25) is 0 Å². The molecule has 0 bridgehead atoms. The molecule has 1 aromatic carbocycles. The third-order valence-electron chi connectivity index (χ3n) is 2.70. The van der Waals surface area contributed by atoms with Crippen LogP contribution >= 0.6 is 0 Å². The molecule has 82 valence electrons. The molecule has 0 fully saturated rings. The predicted octanol–water partition coefficient (Wildman–Crippen LogP) is 3.37. The van der Waals surface area contributed by atoms with Crippen molar-refractivity contribution in [3.8, 4) is 16.9 Å². The second-order valence-corrected chi connectivity index (χ2v) is 3.88. The van der Waals surface area contributed by atoms with E-state index in [4.69, 9.17) is 4.74 Å². The maximum atomic E-state index is 5.15. The third-order valence-corrected chi connectivity index (χ3v) is 2.70. The van der Waals surface area contributed by atoms with Gasteiger partial charge in [-0.15, -0.1) is 0 Å². The summed E-state index contributed by atoms with van der Waals surface area (Å²) in [5.41, 5.74) is 4.87. The number of rotatable bonds is 2. The van der Waals surface area contributed by atoms with Gasteiger partial charge in [-0.2, -0.15) is 0 Å². The van der Waals surface area contributed by atoms with Gasteiger partial charge < -0.3 is 4.74 Å². The maximum absolute atomic E-state index is 5.15. The lowest BCUT2D eigenvalue weighted by Gasteiger charge is -2.09. The Kier molecular flexibility index (Phi) is 2.91. The monoisotopic (exact) mass is 213 g/mol. The van der Waals surface area contributed by atoms with Gasteiger partial charge in [0.1, 0.15) is 5.75 Å². The Bertz CT molecular complexity index is 468. The van der Waals surface area contributed by atoms with Gasteiger partial charge in [0.05, 0.1) is 7.11 Å². The van der Waals surface area contributed by atoms with Crippen molar-refractivity contribution in [1.29, 1.82) is 0 Å². The fourth-order valence-corrected chi connectivity index (χ4v) is 1.91. The first-order valence-electron chi connectivity index (χ1n) is 5.28. The molecular weight excluding hydrogens is 198 g/mol. The van der Waals surface area contributed by atoms with Gasteiger partial charge in [-0.05, 0) is 48.2 Å². The summed E-state index contributed by atoms with van der Waals surface area (Å²) in [7, 11) is 1.68. The Morgan fingerprint density at radius 3 is 2.00 bits per heavy atom. The molecule has 2 heteroatoms. The second-order valence-electron chi connectivity index (χ2n) is 3.88. The molecule has 0 radical (unpaired) electrons. The Morgan fingerprint density at radius 1 is 0.938 bits per heavy atom. The smallest absolute Gasteiger partial charge is 0.118 e. The molecule has 1 aromatic heterocycles. The van der Waals surface area contributed by atoms with E-state index < -0.39 is 0 Å². The third kappa shape index (κ3) is 1.91. The van der Waals surface area contributed by atoms with Gasteiger partial charge in [0, 0.05) is 12.4 Å². The molecule has 0 amide bonds. The summed E-state index contributed by atoms with van der Waals surface area (Å²) in [6.07, 6.45) is 3.79. The predicted molar refractivity (Wildman–Crippen MR) is 65.7 cm³/mol. The van der Waals surface area contributed by atoms with Gasteiger partial charge in [-0.25, -0.2) is 0 Å². The van der Waals surface area contributed by atoms with E-state index in [2.05, 4.69) is 31.0 Å². The molecular formula is C14H15NO.